The summed E-state index contributed by atoms with van der Waals surface area (Å²) in [4.78, 5) is 29.7. The van der Waals surface area contributed by atoms with Gasteiger partial charge in [-0.3, -0.25) is 9.59 Å². The van der Waals surface area contributed by atoms with Crippen molar-refractivity contribution < 1.29 is 23.8 Å². The van der Waals surface area contributed by atoms with Gasteiger partial charge in [0.15, 0.2) is 18.1 Å². The Kier molecular flexibility index (Phi) is 6.12. The SMILES string of the molecule is [C-]#[N+]c1ccc(C(=O)NCc2ccc(OCC(=O)N3C[C@@H]4OC(C)(C)O[C@@H]4C3)cc2)cc1. The first kappa shape index (κ1) is 21.8. The lowest BCUT2D eigenvalue weighted by molar-refractivity contribution is -0.161. The van der Waals surface area contributed by atoms with E-state index in [4.69, 9.17) is 20.8 Å². The number of benzene rings is 2. The molecule has 2 amide bonds. The zero-order valence-corrected chi connectivity index (χ0v) is 18.0. The van der Waals surface area contributed by atoms with Crippen molar-refractivity contribution in [1.29, 1.82) is 0 Å². The second-order valence-electron chi connectivity index (χ2n) is 8.29. The molecule has 2 fully saturated rings. The summed E-state index contributed by atoms with van der Waals surface area (Å²) >= 11 is 0. The summed E-state index contributed by atoms with van der Waals surface area (Å²) in [6.45, 7) is 12.0. The molecule has 8 nitrogen and oxygen atoms in total. The van der Waals surface area contributed by atoms with Gasteiger partial charge in [-0.05, 0) is 31.5 Å². The molecule has 2 aliphatic rings. The van der Waals surface area contributed by atoms with Crippen LogP contribution in [0, 0.1) is 6.57 Å². The molecule has 0 unspecified atom stereocenters. The summed E-state index contributed by atoms with van der Waals surface area (Å²) in [7, 11) is 0. The largest absolute Gasteiger partial charge is 0.484 e. The Morgan fingerprint density at radius 1 is 1.09 bits per heavy atom. The number of carbonyl (C=O) groups is 2. The van der Waals surface area contributed by atoms with Gasteiger partial charge in [-0.1, -0.05) is 36.4 Å². The Morgan fingerprint density at radius 3 is 2.31 bits per heavy atom. The highest BCUT2D eigenvalue weighted by Gasteiger charge is 2.47. The van der Waals surface area contributed by atoms with Crippen LogP contribution in [0.5, 0.6) is 5.75 Å². The van der Waals surface area contributed by atoms with E-state index in [0.29, 0.717) is 36.6 Å². The fraction of sp³-hybridized carbons (Fsp3) is 0.375. The number of carbonyl (C=O) groups excluding carboxylic acids is 2. The minimum Gasteiger partial charge on any atom is -0.484 e. The minimum atomic E-state index is -0.592. The number of nitrogens with one attached hydrogen (secondary N) is 1. The van der Waals surface area contributed by atoms with Crippen LogP contribution in [0.1, 0.15) is 29.8 Å². The van der Waals surface area contributed by atoms with Gasteiger partial charge in [-0.15, -0.1) is 0 Å². The molecule has 2 aliphatic heterocycles. The van der Waals surface area contributed by atoms with Gasteiger partial charge in [0.1, 0.15) is 18.0 Å². The number of rotatable bonds is 6. The van der Waals surface area contributed by atoms with Gasteiger partial charge in [-0.2, -0.15) is 0 Å². The van der Waals surface area contributed by atoms with Crippen molar-refractivity contribution in [2.24, 2.45) is 0 Å². The van der Waals surface area contributed by atoms with Crippen molar-refractivity contribution in [2.45, 2.75) is 38.4 Å². The van der Waals surface area contributed by atoms with Crippen LogP contribution in [0.15, 0.2) is 48.5 Å². The number of amides is 2. The van der Waals surface area contributed by atoms with Crippen LogP contribution in [-0.2, 0) is 20.8 Å². The first-order valence-corrected chi connectivity index (χ1v) is 10.4. The van der Waals surface area contributed by atoms with Crippen molar-refractivity contribution in [3.63, 3.8) is 0 Å². The van der Waals surface area contributed by atoms with Crippen LogP contribution in [0.25, 0.3) is 4.85 Å². The lowest BCUT2D eigenvalue weighted by atomic mass is 10.1. The molecule has 2 heterocycles. The molecule has 2 aromatic rings. The summed E-state index contributed by atoms with van der Waals surface area (Å²) in [6.07, 6.45) is -0.178. The Labute approximate surface area is 186 Å². The Bertz CT molecular complexity index is 1010. The fourth-order valence-corrected chi connectivity index (χ4v) is 3.84. The van der Waals surface area contributed by atoms with E-state index < -0.39 is 5.79 Å². The monoisotopic (exact) mass is 435 g/mol. The summed E-state index contributed by atoms with van der Waals surface area (Å²) in [5, 5.41) is 2.84. The molecule has 166 valence electrons. The maximum Gasteiger partial charge on any atom is 0.260 e. The van der Waals surface area contributed by atoms with Gasteiger partial charge in [0.25, 0.3) is 11.8 Å². The Hall–Kier alpha value is -3.41. The van der Waals surface area contributed by atoms with Crippen molar-refractivity contribution in [3.8, 4) is 5.75 Å². The molecule has 2 atom stereocenters. The summed E-state index contributed by atoms with van der Waals surface area (Å²) in [5.41, 5.74) is 1.90. The third kappa shape index (κ3) is 5.07. The summed E-state index contributed by atoms with van der Waals surface area (Å²) in [5.74, 6) is -0.328. The second-order valence-corrected chi connectivity index (χ2v) is 8.29. The molecule has 2 saturated heterocycles. The highest BCUT2D eigenvalue weighted by molar-refractivity contribution is 5.94. The first-order valence-electron chi connectivity index (χ1n) is 10.4. The van der Waals surface area contributed by atoms with E-state index in [2.05, 4.69) is 10.2 Å². The maximum atomic E-state index is 12.5. The van der Waals surface area contributed by atoms with Crippen LogP contribution in [0.3, 0.4) is 0 Å². The third-order valence-corrected chi connectivity index (χ3v) is 5.44. The quantitative estimate of drug-likeness (QED) is 0.706. The molecule has 32 heavy (non-hydrogen) atoms. The van der Waals surface area contributed by atoms with E-state index in [1.165, 1.54) is 0 Å². The zero-order chi connectivity index (χ0) is 22.7. The predicted octanol–water partition coefficient (Wildman–Crippen LogP) is 2.91. The first-order chi connectivity index (χ1) is 15.3. The van der Waals surface area contributed by atoms with Crippen molar-refractivity contribution >= 4 is 17.5 Å². The zero-order valence-electron chi connectivity index (χ0n) is 18.0. The van der Waals surface area contributed by atoms with Crippen LogP contribution in [0.2, 0.25) is 0 Å². The van der Waals surface area contributed by atoms with E-state index in [9.17, 15) is 9.59 Å². The van der Waals surface area contributed by atoms with Crippen molar-refractivity contribution in [1.82, 2.24) is 10.2 Å². The average Bonchev–Trinajstić information content (AvgIpc) is 3.30. The smallest absolute Gasteiger partial charge is 0.260 e. The molecule has 0 radical (unpaired) electrons. The molecule has 2 aromatic carbocycles. The fourth-order valence-electron chi connectivity index (χ4n) is 3.84. The Balaban J connectivity index is 1.21. The molecular weight excluding hydrogens is 410 g/mol. The molecular formula is C24H25N3O5. The van der Waals surface area contributed by atoms with Gasteiger partial charge in [0.05, 0.1) is 6.57 Å². The summed E-state index contributed by atoms with van der Waals surface area (Å²) in [6, 6.07) is 13.7. The van der Waals surface area contributed by atoms with E-state index >= 15 is 0 Å². The van der Waals surface area contributed by atoms with E-state index in [-0.39, 0.29) is 30.6 Å². The van der Waals surface area contributed by atoms with Gasteiger partial charge < -0.3 is 24.4 Å². The predicted molar refractivity (Wildman–Crippen MR) is 116 cm³/mol. The molecule has 0 bridgehead atoms. The third-order valence-electron chi connectivity index (χ3n) is 5.44. The van der Waals surface area contributed by atoms with Crippen LogP contribution in [0.4, 0.5) is 5.69 Å². The number of likely N-dealkylation sites (tertiary alicyclic amines) is 1. The molecule has 8 heteroatoms. The molecule has 0 aliphatic carbocycles. The maximum absolute atomic E-state index is 12.5. The summed E-state index contributed by atoms with van der Waals surface area (Å²) < 4.78 is 17.2. The van der Waals surface area contributed by atoms with Gasteiger partial charge in [0, 0.05) is 25.2 Å². The van der Waals surface area contributed by atoms with E-state index in [1.807, 2.05) is 26.0 Å². The molecule has 0 aromatic heterocycles. The Morgan fingerprint density at radius 2 is 1.72 bits per heavy atom. The molecule has 0 saturated carbocycles. The standard InChI is InChI=1S/C24H25N3O5/c1-24(2)31-20-13-27(14-21(20)32-24)22(28)15-30-19-10-4-16(5-11-19)12-26-23(29)17-6-8-18(25-3)9-7-17/h4-11,20-21H,12-15H2,1-2H3,(H,26,29)/t20-,21+. The number of ether oxygens (including phenoxy) is 3. The van der Waals surface area contributed by atoms with E-state index in [1.54, 1.807) is 41.3 Å². The van der Waals surface area contributed by atoms with Gasteiger partial charge in [-0.25, -0.2) is 4.85 Å². The number of fused-ring (bicyclic) bond motifs is 1. The second kappa shape index (κ2) is 8.99. The minimum absolute atomic E-state index is 0.0560. The highest BCUT2D eigenvalue weighted by atomic mass is 16.8. The van der Waals surface area contributed by atoms with Crippen LogP contribution < -0.4 is 10.1 Å². The van der Waals surface area contributed by atoms with Crippen LogP contribution in [-0.4, -0.2) is 54.4 Å². The topological polar surface area (TPSA) is 81.5 Å². The number of hydrogen-bond acceptors (Lipinski definition) is 5. The molecule has 4 rings (SSSR count). The lowest BCUT2D eigenvalue weighted by Crippen LogP contribution is -2.36. The molecule has 1 N–H and O–H groups in total. The molecule has 0 spiro atoms. The van der Waals surface area contributed by atoms with Crippen molar-refractivity contribution in [2.75, 3.05) is 19.7 Å². The van der Waals surface area contributed by atoms with E-state index in [0.717, 1.165) is 5.56 Å². The normalized spacial score (nSPS) is 21.0. The lowest BCUT2D eigenvalue weighted by Gasteiger charge is -2.23. The van der Waals surface area contributed by atoms with Crippen molar-refractivity contribution in [3.05, 3.63) is 71.1 Å². The van der Waals surface area contributed by atoms with Gasteiger partial charge >= 0.3 is 0 Å². The number of nitrogens with zero attached hydrogens (tertiary/aromatic N) is 2. The van der Waals surface area contributed by atoms with Crippen LogP contribution >= 0.6 is 0 Å². The average molecular weight is 435 g/mol. The highest BCUT2D eigenvalue weighted by Crippen LogP contribution is 2.32. The van der Waals surface area contributed by atoms with Gasteiger partial charge in [0.2, 0.25) is 0 Å². The number of hydrogen-bond donors (Lipinski definition) is 1.